The lowest BCUT2D eigenvalue weighted by Gasteiger charge is -2.08. The number of aromatic nitrogens is 1. The van der Waals surface area contributed by atoms with Crippen LogP contribution in [0.25, 0.3) is 0 Å². The molecule has 0 aliphatic heterocycles. The van der Waals surface area contributed by atoms with Gasteiger partial charge in [0, 0.05) is 18.3 Å². The zero-order chi connectivity index (χ0) is 13.7. The van der Waals surface area contributed by atoms with Crippen molar-refractivity contribution in [1.29, 1.82) is 0 Å². The maximum atomic E-state index is 5.76. The van der Waals surface area contributed by atoms with Crippen molar-refractivity contribution in [3.05, 3.63) is 53.7 Å². The van der Waals surface area contributed by atoms with E-state index < -0.39 is 0 Å². The summed E-state index contributed by atoms with van der Waals surface area (Å²) in [5.74, 6) is 1.43. The number of ether oxygens (including phenoxy) is 2. The molecule has 2 rings (SSSR count). The number of nitrogens with two attached hydrogens (primary N) is 1. The van der Waals surface area contributed by atoms with Crippen LogP contribution in [-0.2, 0) is 6.61 Å². The van der Waals surface area contributed by atoms with Crippen molar-refractivity contribution in [2.45, 2.75) is 19.6 Å². The summed E-state index contributed by atoms with van der Waals surface area (Å²) in [4.78, 5) is 4.22. The van der Waals surface area contributed by atoms with Gasteiger partial charge in [-0.2, -0.15) is 0 Å². The van der Waals surface area contributed by atoms with Crippen LogP contribution in [0, 0.1) is 0 Å². The predicted octanol–water partition coefficient (Wildman–Crippen LogP) is 2.69. The highest BCUT2D eigenvalue weighted by atomic mass is 16.5. The molecule has 0 amide bonds. The van der Waals surface area contributed by atoms with Crippen molar-refractivity contribution in [2.24, 2.45) is 5.73 Å². The molecule has 19 heavy (non-hydrogen) atoms. The molecule has 0 aliphatic carbocycles. The number of hydrogen-bond acceptors (Lipinski definition) is 4. The van der Waals surface area contributed by atoms with Gasteiger partial charge in [-0.05, 0) is 30.2 Å². The Morgan fingerprint density at radius 3 is 2.42 bits per heavy atom. The number of pyridine rings is 1. The van der Waals surface area contributed by atoms with Crippen molar-refractivity contribution in [3.63, 3.8) is 0 Å². The van der Waals surface area contributed by atoms with Crippen LogP contribution in [0.4, 0.5) is 0 Å². The summed E-state index contributed by atoms with van der Waals surface area (Å²) in [6.45, 7) is 2.41. The molecule has 1 aromatic heterocycles. The number of methoxy groups -OCH3 is 1. The Labute approximate surface area is 113 Å². The SMILES string of the molecule is COc1ccc(COc2ccc(C(C)N)cn2)cc1. The van der Waals surface area contributed by atoms with E-state index in [4.69, 9.17) is 15.2 Å². The molecule has 1 aromatic carbocycles. The predicted molar refractivity (Wildman–Crippen MR) is 74.2 cm³/mol. The lowest BCUT2D eigenvalue weighted by molar-refractivity contribution is 0.293. The van der Waals surface area contributed by atoms with Crippen LogP contribution in [0.2, 0.25) is 0 Å². The van der Waals surface area contributed by atoms with E-state index in [9.17, 15) is 0 Å². The zero-order valence-electron chi connectivity index (χ0n) is 11.2. The topological polar surface area (TPSA) is 57.4 Å². The lowest BCUT2D eigenvalue weighted by Crippen LogP contribution is -2.05. The molecule has 2 aromatic rings. The van der Waals surface area contributed by atoms with Gasteiger partial charge < -0.3 is 15.2 Å². The van der Waals surface area contributed by atoms with E-state index in [2.05, 4.69) is 4.98 Å². The molecule has 4 heteroatoms. The molecule has 0 saturated carbocycles. The minimum Gasteiger partial charge on any atom is -0.497 e. The van der Waals surface area contributed by atoms with Gasteiger partial charge in [0.05, 0.1) is 7.11 Å². The maximum absolute atomic E-state index is 5.76. The van der Waals surface area contributed by atoms with Crippen LogP contribution in [0.5, 0.6) is 11.6 Å². The summed E-state index contributed by atoms with van der Waals surface area (Å²) in [6.07, 6.45) is 1.74. The highest BCUT2D eigenvalue weighted by Gasteiger charge is 2.01. The largest absolute Gasteiger partial charge is 0.497 e. The van der Waals surface area contributed by atoms with Crippen molar-refractivity contribution in [3.8, 4) is 11.6 Å². The highest BCUT2D eigenvalue weighted by molar-refractivity contribution is 5.27. The third kappa shape index (κ3) is 3.69. The van der Waals surface area contributed by atoms with Crippen LogP contribution in [0.1, 0.15) is 24.1 Å². The second-order valence-electron chi connectivity index (χ2n) is 4.36. The summed E-state index contributed by atoms with van der Waals surface area (Å²) < 4.78 is 10.7. The van der Waals surface area contributed by atoms with Gasteiger partial charge in [-0.25, -0.2) is 4.98 Å². The Kier molecular flexibility index (Phi) is 4.36. The maximum Gasteiger partial charge on any atom is 0.213 e. The molecule has 2 N–H and O–H groups in total. The Morgan fingerprint density at radius 2 is 1.89 bits per heavy atom. The molecule has 100 valence electrons. The summed E-state index contributed by atoms with van der Waals surface area (Å²) in [5.41, 5.74) is 7.83. The quantitative estimate of drug-likeness (QED) is 0.895. The molecule has 4 nitrogen and oxygen atoms in total. The van der Waals surface area contributed by atoms with Crippen molar-refractivity contribution in [1.82, 2.24) is 4.98 Å². The van der Waals surface area contributed by atoms with Gasteiger partial charge in [0.2, 0.25) is 5.88 Å². The van der Waals surface area contributed by atoms with Crippen LogP contribution in [0.3, 0.4) is 0 Å². The van der Waals surface area contributed by atoms with Gasteiger partial charge in [0.15, 0.2) is 0 Å². The Hall–Kier alpha value is -2.07. The first-order chi connectivity index (χ1) is 9.19. The van der Waals surface area contributed by atoms with E-state index in [0.29, 0.717) is 12.5 Å². The van der Waals surface area contributed by atoms with Crippen molar-refractivity contribution < 1.29 is 9.47 Å². The molecule has 0 saturated heterocycles. The fourth-order valence-corrected chi connectivity index (χ4v) is 1.63. The monoisotopic (exact) mass is 258 g/mol. The fourth-order valence-electron chi connectivity index (χ4n) is 1.63. The minimum atomic E-state index is -0.0110. The Morgan fingerprint density at radius 1 is 1.16 bits per heavy atom. The van der Waals surface area contributed by atoms with E-state index >= 15 is 0 Å². The molecule has 0 fully saturated rings. The Balaban J connectivity index is 1.94. The van der Waals surface area contributed by atoms with E-state index in [1.807, 2.05) is 43.3 Å². The van der Waals surface area contributed by atoms with Crippen LogP contribution in [0.15, 0.2) is 42.6 Å². The van der Waals surface area contributed by atoms with E-state index in [-0.39, 0.29) is 6.04 Å². The minimum absolute atomic E-state index is 0.0110. The normalized spacial score (nSPS) is 11.9. The smallest absolute Gasteiger partial charge is 0.213 e. The summed E-state index contributed by atoms with van der Waals surface area (Å²) in [5, 5.41) is 0. The van der Waals surface area contributed by atoms with E-state index in [1.165, 1.54) is 0 Å². The van der Waals surface area contributed by atoms with Gasteiger partial charge in [-0.1, -0.05) is 18.2 Å². The zero-order valence-corrected chi connectivity index (χ0v) is 11.2. The second-order valence-corrected chi connectivity index (χ2v) is 4.36. The fraction of sp³-hybridized carbons (Fsp3) is 0.267. The average Bonchev–Trinajstić information content (AvgIpc) is 2.46. The molecule has 1 unspecified atom stereocenters. The first kappa shape index (κ1) is 13.4. The van der Waals surface area contributed by atoms with Gasteiger partial charge >= 0.3 is 0 Å². The van der Waals surface area contributed by atoms with Crippen LogP contribution in [-0.4, -0.2) is 12.1 Å². The standard InChI is InChI=1S/C15H18N2O2/c1-11(16)13-5-8-15(17-9-13)19-10-12-3-6-14(18-2)7-4-12/h3-9,11H,10,16H2,1-2H3. The molecule has 0 bridgehead atoms. The molecule has 0 radical (unpaired) electrons. The first-order valence-corrected chi connectivity index (χ1v) is 6.16. The summed E-state index contributed by atoms with van der Waals surface area (Å²) >= 11 is 0. The second kappa shape index (κ2) is 6.20. The van der Waals surface area contributed by atoms with Gasteiger partial charge in [-0.3, -0.25) is 0 Å². The number of rotatable bonds is 5. The van der Waals surface area contributed by atoms with Crippen LogP contribution < -0.4 is 15.2 Å². The molecule has 1 atom stereocenters. The third-order valence-corrected chi connectivity index (χ3v) is 2.83. The highest BCUT2D eigenvalue weighted by Crippen LogP contribution is 2.15. The lowest BCUT2D eigenvalue weighted by atomic mass is 10.2. The number of hydrogen-bond donors (Lipinski definition) is 1. The van der Waals surface area contributed by atoms with Crippen LogP contribution >= 0.6 is 0 Å². The third-order valence-electron chi connectivity index (χ3n) is 2.83. The van der Waals surface area contributed by atoms with E-state index in [0.717, 1.165) is 16.9 Å². The molecule has 1 heterocycles. The van der Waals surface area contributed by atoms with Gasteiger partial charge in [0.25, 0.3) is 0 Å². The van der Waals surface area contributed by atoms with Gasteiger partial charge in [0.1, 0.15) is 12.4 Å². The van der Waals surface area contributed by atoms with Crippen molar-refractivity contribution >= 4 is 0 Å². The number of nitrogens with zero attached hydrogens (tertiary/aromatic N) is 1. The average molecular weight is 258 g/mol. The molecular formula is C15H18N2O2. The molecule has 0 aliphatic rings. The van der Waals surface area contributed by atoms with Gasteiger partial charge in [-0.15, -0.1) is 0 Å². The summed E-state index contributed by atoms with van der Waals surface area (Å²) in [6, 6.07) is 11.5. The number of benzene rings is 1. The molecular weight excluding hydrogens is 240 g/mol. The van der Waals surface area contributed by atoms with E-state index in [1.54, 1.807) is 13.3 Å². The first-order valence-electron chi connectivity index (χ1n) is 6.16. The van der Waals surface area contributed by atoms with Crippen molar-refractivity contribution in [2.75, 3.05) is 7.11 Å². The summed E-state index contributed by atoms with van der Waals surface area (Å²) in [7, 11) is 1.65. The Bertz CT molecular complexity index is 507. The molecule has 0 spiro atoms.